The number of rotatable bonds is 5. The molecule has 0 aliphatic carbocycles. The SMILES string of the molecule is CC(C)CNCc1cn(C2CCOC2)nn1. The van der Waals surface area contributed by atoms with Crippen LogP contribution in [0.25, 0.3) is 0 Å². The first-order chi connectivity index (χ1) is 7.75. The van der Waals surface area contributed by atoms with Crippen LogP contribution < -0.4 is 5.32 Å². The molecule has 1 aromatic rings. The van der Waals surface area contributed by atoms with E-state index in [2.05, 4.69) is 29.5 Å². The molecule has 1 fully saturated rings. The Morgan fingerprint density at radius 1 is 1.62 bits per heavy atom. The van der Waals surface area contributed by atoms with Gasteiger partial charge in [-0.25, -0.2) is 4.68 Å². The van der Waals surface area contributed by atoms with Gasteiger partial charge in [0.1, 0.15) is 0 Å². The Morgan fingerprint density at radius 3 is 3.19 bits per heavy atom. The van der Waals surface area contributed by atoms with Crippen LogP contribution in [-0.4, -0.2) is 34.8 Å². The first-order valence-electron chi connectivity index (χ1n) is 5.95. The quantitative estimate of drug-likeness (QED) is 0.810. The molecule has 1 N–H and O–H groups in total. The molecule has 1 aliphatic rings. The van der Waals surface area contributed by atoms with Gasteiger partial charge in [0, 0.05) is 13.2 Å². The molecule has 0 aromatic carbocycles. The van der Waals surface area contributed by atoms with E-state index in [1.165, 1.54) is 0 Å². The number of nitrogens with one attached hydrogen (secondary N) is 1. The van der Waals surface area contributed by atoms with Crippen LogP contribution in [0.5, 0.6) is 0 Å². The van der Waals surface area contributed by atoms with Crippen molar-refractivity contribution in [3.8, 4) is 0 Å². The Labute approximate surface area is 96.2 Å². The number of ether oxygens (including phenoxy) is 1. The molecule has 1 atom stereocenters. The van der Waals surface area contributed by atoms with E-state index in [0.29, 0.717) is 12.0 Å². The Morgan fingerprint density at radius 2 is 2.50 bits per heavy atom. The molecule has 90 valence electrons. The third-order valence-electron chi connectivity index (χ3n) is 2.70. The standard InChI is InChI=1S/C11H20N4O/c1-9(2)5-12-6-10-7-15(14-13-10)11-3-4-16-8-11/h7,9,11-12H,3-6,8H2,1-2H3. The van der Waals surface area contributed by atoms with E-state index in [0.717, 1.165) is 38.4 Å². The zero-order valence-electron chi connectivity index (χ0n) is 10.0. The Hall–Kier alpha value is -0.940. The van der Waals surface area contributed by atoms with Gasteiger partial charge in [0.05, 0.1) is 24.5 Å². The van der Waals surface area contributed by atoms with Gasteiger partial charge in [0.25, 0.3) is 0 Å². The second-order valence-electron chi connectivity index (χ2n) is 4.73. The van der Waals surface area contributed by atoms with Gasteiger partial charge in [-0.3, -0.25) is 0 Å². The molecule has 0 saturated carbocycles. The molecule has 16 heavy (non-hydrogen) atoms. The highest BCUT2D eigenvalue weighted by molar-refractivity contribution is 4.93. The van der Waals surface area contributed by atoms with Crippen LogP contribution in [0.2, 0.25) is 0 Å². The normalized spacial score (nSPS) is 20.8. The smallest absolute Gasteiger partial charge is 0.0964 e. The lowest BCUT2D eigenvalue weighted by molar-refractivity contribution is 0.184. The summed E-state index contributed by atoms with van der Waals surface area (Å²) in [4.78, 5) is 0. The fourth-order valence-corrected chi connectivity index (χ4v) is 1.79. The van der Waals surface area contributed by atoms with Crippen LogP contribution in [0.3, 0.4) is 0 Å². The number of nitrogens with zero attached hydrogens (tertiary/aromatic N) is 3. The minimum absolute atomic E-state index is 0.381. The minimum Gasteiger partial charge on any atom is -0.379 e. The summed E-state index contributed by atoms with van der Waals surface area (Å²) < 4.78 is 7.26. The average molecular weight is 224 g/mol. The van der Waals surface area contributed by atoms with Gasteiger partial charge in [0.2, 0.25) is 0 Å². The van der Waals surface area contributed by atoms with E-state index < -0.39 is 0 Å². The fraction of sp³-hybridized carbons (Fsp3) is 0.818. The Kier molecular flexibility index (Phi) is 3.90. The summed E-state index contributed by atoms with van der Waals surface area (Å²) in [6.45, 7) is 7.80. The van der Waals surface area contributed by atoms with E-state index in [9.17, 15) is 0 Å². The largest absolute Gasteiger partial charge is 0.379 e. The molecular weight excluding hydrogens is 204 g/mol. The highest BCUT2D eigenvalue weighted by atomic mass is 16.5. The van der Waals surface area contributed by atoms with E-state index in [1.807, 2.05) is 10.9 Å². The second kappa shape index (κ2) is 5.41. The lowest BCUT2D eigenvalue weighted by atomic mass is 10.2. The Bertz CT molecular complexity index is 318. The highest BCUT2D eigenvalue weighted by Crippen LogP contribution is 2.17. The van der Waals surface area contributed by atoms with E-state index >= 15 is 0 Å². The van der Waals surface area contributed by atoms with Gasteiger partial charge in [-0.15, -0.1) is 5.10 Å². The van der Waals surface area contributed by atoms with Gasteiger partial charge < -0.3 is 10.1 Å². The van der Waals surface area contributed by atoms with Crippen LogP contribution in [0, 0.1) is 5.92 Å². The maximum atomic E-state index is 5.33. The van der Waals surface area contributed by atoms with Crippen molar-refractivity contribution in [2.45, 2.75) is 32.9 Å². The molecule has 5 nitrogen and oxygen atoms in total. The van der Waals surface area contributed by atoms with Crippen LogP contribution in [0.4, 0.5) is 0 Å². The lowest BCUT2D eigenvalue weighted by Crippen LogP contribution is -2.19. The lowest BCUT2D eigenvalue weighted by Gasteiger charge is -2.06. The topological polar surface area (TPSA) is 52.0 Å². The summed E-state index contributed by atoms with van der Waals surface area (Å²) in [5.41, 5.74) is 1.01. The summed E-state index contributed by atoms with van der Waals surface area (Å²) in [7, 11) is 0. The number of hydrogen-bond donors (Lipinski definition) is 1. The summed E-state index contributed by atoms with van der Waals surface area (Å²) in [5.74, 6) is 0.665. The molecule has 2 heterocycles. The monoisotopic (exact) mass is 224 g/mol. The van der Waals surface area contributed by atoms with Crippen molar-refractivity contribution in [1.82, 2.24) is 20.3 Å². The van der Waals surface area contributed by atoms with Gasteiger partial charge in [-0.2, -0.15) is 0 Å². The number of hydrogen-bond acceptors (Lipinski definition) is 4. The molecular formula is C11H20N4O. The van der Waals surface area contributed by atoms with Crippen molar-refractivity contribution in [3.05, 3.63) is 11.9 Å². The van der Waals surface area contributed by atoms with Crippen LogP contribution in [0.1, 0.15) is 32.0 Å². The third-order valence-corrected chi connectivity index (χ3v) is 2.70. The Balaban J connectivity index is 1.82. The van der Waals surface area contributed by atoms with Crippen LogP contribution >= 0.6 is 0 Å². The van der Waals surface area contributed by atoms with Crippen LogP contribution in [-0.2, 0) is 11.3 Å². The summed E-state index contributed by atoms with van der Waals surface area (Å²) >= 11 is 0. The van der Waals surface area contributed by atoms with E-state index in [-0.39, 0.29) is 0 Å². The summed E-state index contributed by atoms with van der Waals surface area (Å²) in [6.07, 6.45) is 3.06. The zero-order chi connectivity index (χ0) is 11.4. The van der Waals surface area contributed by atoms with Gasteiger partial charge in [-0.1, -0.05) is 19.1 Å². The molecule has 1 aliphatic heterocycles. The molecule has 1 unspecified atom stereocenters. The third kappa shape index (κ3) is 3.02. The highest BCUT2D eigenvalue weighted by Gasteiger charge is 2.18. The molecule has 5 heteroatoms. The number of aromatic nitrogens is 3. The van der Waals surface area contributed by atoms with Crippen molar-refractivity contribution in [2.75, 3.05) is 19.8 Å². The van der Waals surface area contributed by atoms with Gasteiger partial charge in [0.15, 0.2) is 0 Å². The van der Waals surface area contributed by atoms with Crippen LogP contribution in [0.15, 0.2) is 6.20 Å². The van der Waals surface area contributed by atoms with Crippen molar-refractivity contribution in [1.29, 1.82) is 0 Å². The van der Waals surface area contributed by atoms with Gasteiger partial charge in [-0.05, 0) is 18.9 Å². The molecule has 0 bridgehead atoms. The average Bonchev–Trinajstić information content (AvgIpc) is 2.85. The summed E-state index contributed by atoms with van der Waals surface area (Å²) in [6, 6.07) is 0.381. The molecule has 2 rings (SSSR count). The predicted molar refractivity (Wildman–Crippen MR) is 61.0 cm³/mol. The van der Waals surface area contributed by atoms with Crippen molar-refractivity contribution >= 4 is 0 Å². The van der Waals surface area contributed by atoms with Crippen molar-refractivity contribution < 1.29 is 4.74 Å². The molecule has 0 spiro atoms. The zero-order valence-corrected chi connectivity index (χ0v) is 10.0. The first kappa shape index (κ1) is 11.5. The molecule has 0 radical (unpaired) electrons. The fourth-order valence-electron chi connectivity index (χ4n) is 1.79. The molecule has 1 aromatic heterocycles. The maximum absolute atomic E-state index is 5.33. The maximum Gasteiger partial charge on any atom is 0.0964 e. The molecule has 0 amide bonds. The molecule has 1 saturated heterocycles. The predicted octanol–water partition coefficient (Wildman–Crippen LogP) is 0.985. The van der Waals surface area contributed by atoms with Gasteiger partial charge >= 0.3 is 0 Å². The van der Waals surface area contributed by atoms with E-state index in [1.54, 1.807) is 0 Å². The van der Waals surface area contributed by atoms with Crippen molar-refractivity contribution in [3.63, 3.8) is 0 Å². The first-order valence-corrected chi connectivity index (χ1v) is 5.95. The minimum atomic E-state index is 0.381. The van der Waals surface area contributed by atoms with Crippen molar-refractivity contribution in [2.24, 2.45) is 5.92 Å². The summed E-state index contributed by atoms with van der Waals surface area (Å²) in [5, 5.41) is 11.7. The van der Waals surface area contributed by atoms with E-state index in [4.69, 9.17) is 4.74 Å². The second-order valence-corrected chi connectivity index (χ2v) is 4.73.